The Labute approximate surface area is 149 Å². The molecule has 0 spiro atoms. The first-order chi connectivity index (χ1) is 12.3. The van der Waals surface area contributed by atoms with Crippen LogP contribution in [0.2, 0.25) is 0 Å². The van der Waals surface area contributed by atoms with Crippen molar-refractivity contribution in [1.82, 2.24) is 9.88 Å². The van der Waals surface area contributed by atoms with Crippen molar-refractivity contribution in [2.24, 2.45) is 0 Å². The highest BCUT2D eigenvalue weighted by Gasteiger charge is 2.21. The highest BCUT2D eigenvalue weighted by molar-refractivity contribution is 6.03. The van der Waals surface area contributed by atoms with Crippen LogP contribution in [0.4, 0.5) is 11.4 Å². The third-order valence-electron chi connectivity index (χ3n) is 4.39. The van der Waals surface area contributed by atoms with Crippen molar-refractivity contribution in [1.29, 1.82) is 0 Å². The van der Waals surface area contributed by atoms with Crippen molar-refractivity contribution >= 4 is 33.2 Å². The minimum atomic E-state index is -0.506. The number of likely N-dealkylation sites (N-methyl/N-ethyl adjacent to an activating group) is 2. The molecular weight excluding hydrogens is 336 g/mol. The number of pyridine rings is 1. The van der Waals surface area contributed by atoms with Crippen LogP contribution in [0.3, 0.4) is 0 Å². The molecule has 0 fully saturated rings. The normalized spacial score (nSPS) is 11.4. The largest absolute Gasteiger partial charge is 0.508 e. The van der Waals surface area contributed by atoms with Crippen LogP contribution in [0, 0.1) is 10.1 Å². The molecule has 8 heteroatoms. The zero-order chi connectivity index (χ0) is 19.0. The zero-order valence-corrected chi connectivity index (χ0v) is 14.8. The number of rotatable bonds is 5. The highest BCUT2D eigenvalue weighted by atomic mass is 16.6. The third kappa shape index (κ3) is 3.06. The number of hydrogen-bond acceptors (Lipinski definition) is 6. The Morgan fingerprint density at radius 3 is 2.54 bits per heavy atom. The number of aromatic hydroxyl groups is 1. The number of fused-ring (bicyclic) bond motifs is 2. The van der Waals surface area contributed by atoms with Gasteiger partial charge in [-0.1, -0.05) is 0 Å². The Morgan fingerprint density at radius 1 is 1.15 bits per heavy atom. The summed E-state index contributed by atoms with van der Waals surface area (Å²) in [4.78, 5) is 30.9. The molecule has 1 aromatic heterocycles. The summed E-state index contributed by atoms with van der Waals surface area (Å²) in [6, 6.07) is 7.35. The number of aromatic nitrogens is 1. The number of phenols is 1. The monoisotopic (exact) mass is 356 g/mol. The summed E-state index contributed by atoms with van der Waals surface area (Å²) < 4.78 is 0. The van der Waals surface area contributed by atoms with Crippen molar-refractivity contribution in [3.63, 3.8) is 0 Å². The van der Waals surface area contributed by atoms with E-state index in [4.69, 9.17) is 0 Å². The van der Waals surface area contributed by atoms with E-state index in [2.05, 4.69) is 4.98 Å². The average Bonchev–Trinajstić information content (AvgIpc) is 2.59. The van der Waals surface area contributed by atoms with E-state index in [1.54, 1.807) is 6.07 Å². The molecule has 0 saturated carbocycles. The van der Waals surface area contributed by atoms with Crippen LogP contribution in [-0.4, -0.2) is 54.1 Å². The molecule has 2 aromatic carbocycles. The Kier molecular flexibility index (Phi) is 4.52. The summed E-state index contributed by atoms with van der Waals surface area (Å²) in [6.07, 6.45) is 0. The molecule has 0 aliphatic heterocycles. The molecule has 26 heavy (non-hydrogen) atoms. The number of hydrogen-bond donors (Lipinski definition) is 2. The number of nitrogens with zero attached hydrogens (tertiary/aromatic N) is 3. The van der Waals surface area contributed by atoms with Crippen molar-refractivity contribution in [2.75, 3.05) is 39.1 Å². The van der Waals surface area contributed by atoms with Gasteiger partial charge in [0.15, 0.2) is 5.43 Å². The van der Waals surface area contributed by atoms with Crippen molar-refractivity contribution < 1.29 is 10.0 Å². The molecule has 8 nitrogen and oxygen atoms in total. The third-order valence-corrected chi connectivity index (χ3v) is 4.39. The molecule has 3 aromatic rings. The molecule has 136 valence electrons. The molecule has 0 aliphatic rings. The Hall–Kier alpha value is -3.13. The molecule has 3 rings (SSSR count). The van der Waals surface area contributed by atoms with Crippen LogP contribution in [0.5, 0.6) is 5.75 Å². The second-order valence-corrected chi connectivity index (χ2v) is 6.52. The molecule has 0 aliphatic carbocycles. The Morgan fingerprint density at radius 2 is 1.88 bits per heavy atom. The van der Waals surface area contributed by atoms with Gasteiger partial charge in [-0.25, -0.2) is 0 Å². The summed E-state index contributed by atoms with van der Waals surface area (Å²) in [7, 11) is 5.74. The first kappa shape index (κ1) is 17.7. The minimum absolute atomic E-state index is 0.0321. The summed E-state index contributed by atoms with van der Waals surface area (Å²) in [5, 5.41) is 21.7. The van der Waals surface area contributed by atoms with Gasteiger partial charge in [0.1, 0.15) is 11.3 Å². The number of H-pyrrole nitrogens is 1. The number of nitrogens with one attached hydrogen (secondary N) is 1. The second-order valence-electron chi connectivity index (χ2n) is 6.52. The summed E-state index contributed by atoms with van der Waals surface area (Å²) in [5.41, 5.74) is 0.736. The van der Waals surface area contributed by atoms with Gasteiger partial charge >= 0.3 is 0 Å². The molecule has 1 heterocycles. The van der Waals surface area contributed by atoms with Crippen molar-refractivity contribution in [3.8, 4) is 5.75 Å². The van der Waals surface area contributed by atoms with E-state index in [1.807, 2.05) is 30.9 Å². The van der Waals surface area contributed by atoms with Crippen LogP contribution in [0.25, 0.3) is 21.8 Å². The SMILES string of the molecule is CN(C)CCN(C)c1ccc([N+](=O)[O-])c2[nH]c3ccc(O)cc3c(=O)c12. The van der Waals surface area contributed by atoms with Gasteiger partial charge in [-0.15, -0.1) is 0 Å². The summed E-state index contributed by atoms with van der Waals surface area (Å²) in [6.45, 7) is 1.42. The lowest BCUT2D eigenvalue weighted by Crippen LogP contribution is -2.29. The maximum absolute atomic E-state index is 13.1. The van der Waals surface area contributed by atoms with E-state index >= 15 is 0 Å². The number of non-ortho nitro benzene ring substituents is 1. The summed E-state index contributed by atoms with van der Waals surface area (Å²) in [5.74, 6) is -0.0321. The van der Waals surface area contributed by atoms with Crippen LogP contribution < -0.4 is 10.3 Å². The fraction of sp³-hybridized carbons (Fsp3) is 0.278. The Bertz CT molecular complexity index is 1060. The molecule has 0 unspecified atom stereocenters. The number of aromatic amines is 1. The van der Waals surface area contributed by atoms with E-state index in [0.717, 1.165) is 6.54 Å². The predicted octanol–water partition coefficient (Wildman–Crippen LogP) is 2.29. The second kappa shape index (κ2) is 6.64. The predicted molar refractivity (Wildman–Crippen MR) is 102 cm³/mol. The maximum atomic E-state index is 13.1. The first-order valence-corrected chi connectivity index (χ1v) is 8.11. The maximum Gasteiger partial charge on any atom is 0.293 e. The molecular formula is C18H20N4O4. The van der Waals surface area contributed by atoms with E-state index in [1.165, 1.54) is 24.3 Å². The first-order valence-electron chi connectivity index (χ1n) is 8.11. The van der Waals surface area contributed by atoms with Gasteiger partial charge in [-0.05, 0) is 38.4 Å². The van der Waals surface area contributed by atoms with Gasteiger partial charge < -0.3 is 19.9 Å². The smallest absolute Gasteiger partial charge is 0.293 e. The lowest BCUT2D eigenvalue weighted by atomic mass is 10.1. The fourth-order valence-corrected chi connectivity index (χ4v) is 2.98. The average molecular weight is 356 g/mol. The fourth-order valence-electron chi connectivity index (χ4n) is 2.98. The van der Waals surface area contributed by atoms with E-state index in [0.29, 0.717) is 23.1 Å². The lowest BCUT2D eigenvalue weighted by molar-refractivity contribution is -0.383. The van der Waals surface area contributed by atoms with Crippen molar-refractivity contribution in [2.45, 2.75) is 0 Å². The van der Waals surface area contributed by atoms with Crippen LogP contribution >= 0.6 is 0 Å². The molecule has 0 atom stereocenters. The van der Waals surface area contributed by atoms with E-state index in [-0.39, 0.29) is 27.8 Å². The quantitative estimate of drug-likeness (QED) is 0.413. The van der Waals surface area contributed by atoms with Gasteiger partial charge in [0, 0.05) is 31.6 Å². The molecule has 0 bridgehead atoms. The van der Waals surface area contributed by atoms with E-state index in [9.17, 15) is 20.0 Å². The molecule has 0 saturated heterocycles. The van der Waals surface area contributed by atoms with Crippen molar-refractivity contribution in [3.05, 3.63) is 50.7 Å². The van der Waals surface area contributed by atoms with Crippen LogP contribution in [-0.2, 0) is 0 Å². The Balaban J connectivity index is 2.34. The number of benzene rings is 2. The van der Waals surface area contributed by atoms with Crippen LogP contribution in [0.1, 0.15) is 0 Å². The highest BCUT2D eigenvalue weighted by Crippen LogP contribution is 2.32. The topological polar surface area (TPSA) is 103 Å². The molecule has 0 amide bonds. The molecule has 2 N–H and O–H groups in total. The van der Waals surface area contributed by atoms with E-state index < -0.39 is 4.92 Å². The number of phenolic OH excluding ortho intramolecular Hbond substituents is 1. The zero-order valence-electron chi connectivity index (χ0n) is 14.8. The molecule has 0 radical (unpaired) electrons. The van der Waals surface area contributed by atoms with Gasteiger partial charge in [0.25, 0.3) is 5.69 Å². The number of nitro benzene ring substituents is 1. The number of anilines is 1. The summed E-state index contributed by atoms with van der Waals surface area (Å²) >= 11 is 0. The lowest BCUT2D eigenvalue weighted by Gasteiger charge is -2.23. The van der Waals surface area contributed by atoms with Gasteiger partial charge in [0.2, 0.25) is 0 Å². The minimum Gasteiger partial charge on any atom is -0.508 e. The van der Waals surface area contributed by atoms with Crippen LogP contribution in [0.15, 0.2) is 35.1 Å². The number of nitro groups is 1. The van der Waals surface area contributed by atoms with Gasteiger partial charge in [0.05, 0.1) is 21.5 Å². The standard InChI is InChI=1S/C18H20N4O4/c1-20(2)8-9-21(3)14-6-7-15(22(25)26)17-16(14)18(24)12-10-11(23)4-5-13(12)19-17/h4-7,10,23H,8-9H2,1-3H3,(H,19,24). The van der Waals surface area contributed by atoms with Gasteiger partial charge in [-0.2, -0.15) is 0 Å². The van der Waals surface area contributed by atoms with Gasteiger partial charge in [-0.3, -0.25) is 14.9 Å².